The van der Waals surface area contributed by atoms with Crippen LogP contribution in [0.3, 0.4) is 0 Å². The number of methoxy groups -OCH3 is 1. The van der Waals surface area contributed by atoms with Crippen LogP contribution in [-0.4, -0.2) is 22.5 Å². The molecule has 1 aromatic carbocycles. The van der Waals surface area contributed by atoms with Crippen molar-refractivity contribution in [2.45, 2.75) is 6.10 Å². The molecule has 1 heterocycles. The Morgan fingerprint density at radius 1 is 1.29 bits per heavy atom. The Morgan fingerprint density at radius 2 is 2.07 bits per heavy atom. The van der Waals surface area contributed by atoms with Crippen LogP contribution < -0.4 is 0 Å². The number of rotatable bonds is 3. The number of benzene rings is 1. The molecule has 0 aliphatic heterocycles. The molecule has 0 radical (unpaired) electrons. The molecule has 1 unspecified atom stereocenters. The van der Waals surface area contributed by atoms with E-state index in [0.717, 1.165) is 11.3 Å². The first kappa shape index (κ1) is 8.90. The van der Waals surface area contributed by atoms with Crippen molar-refractivity contribution in [2.24, 2.45) is 0 Å². The number of hydrogen-bond acceptors (Lipinski definition) is 3. The van der Waals surface area contributed by atoms with Crippen LogP contribution >= 0.6 is 0 Å². The Hall–Kier alpha value is -1.68. The summed E-state index contributed by atoms with van der Waals surface area (Å²) < 4.78 is 5.36. The molecule has 0 saturated carbocycles. The summed E-state index contributed by atoms with van der Waals surface area (Å²) in [5, 5.41) is 10.3. The summed E-state index contributed by atoms with van der Waals surface area (Å²) in [5.74, 6) is 0. The van der Waals surface area contributed by atoms with Gasteiger partial charge in [-0.3, -0.25) is 0 Å². The van der Waals surface area contributed by atoms with Crippen LogP contribution in [0.5, 0.6) is 0 Å². The molecule has 14 heavy (non-hydrogen) atoms. The van der Waals surface area contributed by atoms with Crippen LogP contribution in [-0.2, 0) is 4.74 Å². The highest BCUT2D eigenvalue weighted by atomic mass is 16.5. The normalized spacial score (nSPS) is 12.6. The standard InChI is InChI=1S/C10H11N3O/c1-14-10(9-7-11-13-12-9)8-5-3-2-4-6-8/h2-7,10H,1H3,(H,11,12,13). The molecule has 0 bridgehead atoms. The third kappa shape index (κ3) is 1.65. The summed E-state index contributed by atoms with van der Waals surface area (Å²) in [6.07, 6.45) is 1.52. The smallest absolute Gasteiger partial charge is 0.128 e. The Morgan fingerprint density at radius 3 is 2.64 bits per heavy atom. The van der Waals surface area contributed by atoms with E-state index in [4.69, 9.17) is 4.74 Å². The van der Waals surface area contributed by atoms with Crippen LogP contribution in [0.15, 0.2) is 36.5 Å². The number of aromatic amines is 1. The van der Waals surface area contributed by atoms with E-state index >= 15 is 0 Å². The van der Waals surface area contributed by atoms with Gasteiger partial charge in [-0.2, -0.15) is 15.4 Å². The Labute approximate surface area is 81.9 Å². The van der Waals surface area contributed by atoms with Gasteiger partial charge in [0.05, 0.1) is 6.20 Å². The van der Waals surface area contributed by atoms with Gasteiger partial charge in [-0.05, 0) is 5.56 Å². The molecule has 4 nitrogen and oxygen atoms in total. The highest BCUT2D eigenvalue weighted by Gasteiger charge is 2.14. The van der Waals surface area contributed by atoms with Crippen molar-refractivity contribution in [2.75, 3.05) is 7.11 Å². The van der Waals surface area contributed by atoms with E-state index in [-0.39, 0.29) is 6.10 Å². The minimum Gasteiger partial charge on any atom is -0.370 e. The summed E-state index contributed by atoms with van der Waals surface area (Å²) in [4.78, 5) is 0. The molecule has 1 atom stereocenters. The number of H-pyrrole nitrogens is 1. The number of aromatic nitrogens is 3. The van der Waals surface area contributed by atoms with Gasteiger partial charge >= 0.3 is 0 Å². The van der Waals surface area contributed by atoms with Gasteiger partial charge in [0.25, 0.3) is 0 Å². The topological polar surface area (TPSA) is 50.8 Å². The van der Waals surface area contributed by atoms with E-state index in [1.165, 1.54) is 0 Å². The molecular formula is C10H11N3O. The molecule has 0 spiro atoms. The van der Waals surface area contributed by atoms with Gasteiger partial charge in [-0.25, -0.2) is 0 Å². The highest BCUT2D eigenvalue weighted by molar-refractivity contribution is 5.23. The average molecular weight is 189 g/mol. The van der Waals surface area contributed by atoms with E-state index in [1.54, 1.807) is 13.3 Å². The zero-order chi connectivity index (χ0) is 9.80. The van der Waals surface area contributed by atoms with E-state index in [1.807, 2.05) is 30.3 Å². The predicted molar refractivity (Wildman–Crippen MR) is 51.7 cm³/mol. The zero-order valence-electron chi connectivity index (χ0n) is 7.84. The van der Waals surface area contributed by atoms with E-state index in [0.29, 0.717) is 0 Å². The third-order valence-electron chi connectivity index (χ3n) is 2.04. The first-order chi connectivity index (χ1) is 6.92. The van der Waals surface area contributed by atoms with Gasteiger partial charge in [0.15, 0.2) is 0 Å². The molecule has 1 aromatic heterocycles. The second-order valence-electron chi connectivity index (χ2n) is 2.92. The Balaban J connectivity index is 2.31. The van der Waals surface area contributed by atoms with Crippen LogP contribution in [0.25, 0.3) is 0 Å². The maximum atomic E-state index is 5.36. The van der Waals surface area contributed by atoms with Gasteiger partial charge in [0, 0.05) is 7.11 Å². The maximum Gasteiger partial charge on any atom is 0.128 e. The zero-order valence-corrected chi connectivity index (χ0v) is 7.84. The van der Waals surface area contributed by atoms with Crippen LogP contribution in [0.4, 0.5) is 0 Å². The van der Waals surface area contributed by atoms with Gasteiger partial charge in [-0.1, -0.05) is 30.3 Å². The van der Waals surface area contributed by atoms with Gasteiger partial charge in [-0.15, -0.1) is 0 Å². The highest BCUT2D eigenvalue weighted by Crippen LogP contribution is 2.21. The predicted octanol–water partition coefficient (Wildman–Crippen LogP) is 1.54. The van der Waals surface area contributed by atoms with Crippen molar-refractivity contribution >= 4 is 0 Å². The van der Waals surface area contributed by atoms with E-state index < -0.39 is 0 Å². The Bertz CT molecular complexity index is 372. The fraction of sp³-hybridized carbons (Fsp3) is 0.200. The summed E-state index contributed by atoms with van der Waals surface area (Å²) >= 11 is 0. The van der Waals surface area contributed by atoms with Crippen molar-refractivity contribution < 1.29 is 4.74 Å². The summed E-state index contributed by atoms with van der Waals surface area (Å²) in [5.41, 5.74) is 1.86. The minimum atomic E-state index is -0.144. The molecule has 0 saturated heterocycles. The SMILES string of the molecule is COC(c1ccccc1)c1cn[nH]n1. The Kier molecular flexibility index (Phi) is 2.55. The second-order valence-corrected chi connectivity index (χ2v) is 2.92. The van der Waals surface area contributed by atoms with Crippen molar-refractivity contribution in [1.82, 2.24) is 15.4 Å². The first-order valence-electron chi connectivity index (χ1n) is 4.35. The molecule has 0 aliphatic carbocycles. The number of nitrogens with one attached hydrogen (secondary N) is 1. The van der Waals surface area contributed by atoms with Crippen LogP contribution in [0.2, 0.25) is 0 Å². The number of nitrogens with zero attached hydrogens (tertiary/aromatic N) is 2. The van der Waals surface area contributed by atoms with Crippen molar-refractivity contribution in [1.29, 1.82) is 0 Å². The van der Waals surface area contributed by atoms with Crippen molar-refractivity contribution in [3.05, 3.63) is 47.8 Å². The van der Waals surface area contributed by atoms with Crippen molar-refractivity contribution in [3.8, 4) is 0 Å². The fourth-order valence-corrected chi connectivity index (χ4v) is 1.39. The number of ether oxygens (including phenoxy) is 1. The van der Waals surface area contributed by atoms with E-state index in [9.17, 15) is 0 Å². The maximum absolute atomic E-state index is 5.36. The van der Waals surface area contributed by atoms with Gasteiger partial charge in [0.2, 0.25) is 0 Å². The largest absolute Gasteiger partial charge is 0.370 e. The third-order valence-corrected chi connectivity index (χ3v) is 2.04. The second kappa shape index (κ2) is 4.02. The molecule has 2 aromatic rings. The molecule has 1 N–H and O–H groups in total. The molecule has 72 valence electrons. The quantitative estimate of drug-likeness (QED) is 0.796. The van der Waals surface area contributed by atoms with Gasteiger partial charge in [0.1, 0.15) is 11.8 Å². The van der Waals surface area contributed by atoms with Gasteiger partial charge < -0.3 is 4.74 Å². The molecule has 0 aliphatic rings. The molecule has 0 fully saturated rings. The fourth-order valence-electron chi connectivity index (χ4n) is 1.39. The first-order valence-corrected chi connectivity index (χ1v) is 4.35. The average Bonchev–Trinajstić information content (AvgIpc) is 2.74. The molecule has 0 amide bonds. The summed E-state index contributed by atoms with van der Waals surface area (Å²) in [6.45, 7) is 0. The van der Waals surface area contributed by atoms with E-state index in [2.05, 4.69) is 15.4 Å². The van der Waals surface area contributed by atoms with Crippen LogP contribution in [0.1, 0.15) is 17.4 Å². The molecule has 2 rings (SSSR count). The molecular weight excluding hydrogens is 178 g/mol. The lowest BCUT2D eigenvalue weighted by Gasteiger charge is -2.11. The lowest BCUT2D eigenvalue weighted by molar-refractivity contribution is 0.133. The lowest BCUT2D eigenvalue weighted by atomic mass is 10.1. The monoisotopic (exact) mass is 189 g/mol. The van der Waals surface area contributed by atoms with Crippen molar-refractivity contribution in [3.63, 3.8) is 0 Å². The number of hydrogen-bond donors (Lipinski definition) is 1. The molecule has 4 heteroatoms. The lowest BCUT2D eigenvalue weighted by Crippen LogP contribution is -2.03. The summed E-state index contributed by atoms with van der Waals surface area (Å²) in [6, 6.07) is 9.92. The summed E-state index contributed by atoms with van der Waals surface area (Å²) in [7, 11) is 1.66. The minimum absolute atomic E-state index is 0.144. The van der Waals surface area contributed by atoms with Crippen LogP contribution in [0, 0.1) is 0 Å².